The van der Waals surface area contributed by atoms with Crippen LogP contribution in [0.1, 0.15) is 49.8 Å². The summed E-state index contributed by atoms with van der Waals surface area (Å²) in [6.07, 6.45) is 0.937. The number of carbonyl (C=O) groups is 3. The second-order valence-corrected chi connectivity index (χ2v) is 8.08. The van der Waals surface area contributed by atoms with Gasteiger partial charge in [-0.1, -0.05) is 57.2 Å². The van der Waals surface area contributed by atoms with Crippen LogP contribution >= 0.6 is 0 Å². The van der Waals surface area contributed by atoms with E-state index in [9.17, 15) is 18.8 Å². The van der Waals surface area contributed by atoms with Crippen molar-refractivity contribution in [1.29, 1.82) is 0 Å². The van der Waals surface area contributed by atoms with E-state index in [0.717, 1.165) is 10.5 Å². The Labute approximate surface area is 181 Å². The summed E-state index contributed by atoms with van der Waals surface area (Å²) in [5, 5.41) is 5.46. The first-order valence-electron chi connectivity index (χ1n) is 10.5. The van der Waals surface area contributed by atoms with Crippen LogP contribution in [0.15, 0.2) is 48.5 Å². The number of nitrogens with zero attached hydrogens (tertiary/aromatic N) is 1. The highest BCUT2D eigenvalue weighted by Crippen LogP contribution is 2.32. The Morgan fingerprint density at radius 3 is 2.32 bits per heavy atom. The fourth-order valence-corrected chi connectivity index (χ4v) is 3.76. The smallest absolute Gasteiger partial charge is 0.325 e. The minimum atomic E-state index is -1.29. The van der Waals surface area contributed by atoms with Crippen molar-refractivity contribution in [2.24, 2.45) is 0 Å². The van der Waals surface area contributed by atoms with Gasteiger partial charge in [0.25, 0.3) is 5.91 Å². The van der Waals surface area contributed by atoms with E-state index in [1.54, 1.807) is 6.92 Å². The first kappa shape index (κ1) is 22.5. The third-order valence-corrected chi connectivity index (χ3v) is 5.73. The van der Waals surface area contributed by atoms with Gasteiger partial charge < -0.3 is 10.6 Å². The SMILES string of the molecule is CCC1(c2ccc(F)cc2)NC(=O)N(CC(=O)NCCc2ccc(C(C)C)cc2)C1=O. The van der Waals surface area contributed by atoms with E-state index in [1.807, 2.05) is 12.1 Å². The molecule has 1 aliphatic rings. The topological polar surface area (TPSA) is 78.5 Å². The Kier molecular flexibility index (Phi) is 6.73. The van der Waals surface area contributed by atoms with Crippen LogP contribution < -0.4 is 10.6 Å². The second kappa shape index (κ2) is 9.29. The van der Waals surface area contributed by atoms with Gasteiger partial charge in [0.1, 0.15) is 17.9 Å². The van der Waals surface area contributed by atoms with Crippen LogP contribution in [-0.2, 0) is 21.5 Å². The van der Waals surface area contributed by atoms with Gasteiger partial charge in [-0.05, 0) is 47.6 Å². The normalized spacial score (nSPS) is 18.4. The molecule has 1 unspecified atom stereocenters. The van der Waals surface area contributed by atoms with Crippen molar-refractivity contribution in [3.05, 3.63) is 71.0 Å². The largest absolute Gasteiger partial charge is 0.354 e. The van der Waals surface area contributed by atoms with Crippen LogP contribution in [0, 0.1) is 5.82 Å². The summed E-state index contributed by atoms with van der Waals surface area (Å²) >= 11 is 0. The van der Waals surface area contributed by atoms with E-state index in [4.69, 9.17) is 0 Å². The highest BCUT2D eigenvalue weighted by Gasteiger charge is 2.51. The van der Waals surface area contributed by atoms with Crippen molar-refractivity contribution in [1.82, 2.24) is 15.5 Å². The molecule has 1 heterocycles. The molecule has 2 aromatic rings. The third kappa shape index (κ3) is 4.76. The van der Waals surface area contributed by atoms with Crippen molar-refractivity contribution in [3.8, 4) is 0 Å². The van der Waals surface area contributed by atoms with Gasteiger partial charge in [0.2, 0.25) is 5.91 Å². The fourth-order valence-electron chi connectivity index (χ4n) is 3.76. The quantitative estimate of drug-likeness (QED) is 0.636. The van der Waals surface area contributed by atoms with Gasteiger partial charge in [0, 0.05) is 6.54 Å². The molecule has 4 amide bonds. The van der Waals surface area contributed by atoms with Crippen LogP contribution in [0.2, 0.25) is 0 Å². The minimum absolute atomic E-state index is 0.285. The average molecular weight is 426 g/mol. The molecule has 3 rings (SSSR count). The molecular formula is C24H28FN3O3. The van der Waals surface area contributed by atoms with Gasteiger partial charge in [-0.3, -0.25) is 14.5 Å². The maximum absolute atomic E-state index is 13.3. The molecule has 1 aliphatic heterocycles. The van der Waals surface area contributed by atoms with Crippen LogP contribution in [0.4, 0.5) is 9.18 Å². The number of hydrogen-bond acceptors (Lipinski definition) is 3. The monoisotopic (exact) mass is 425 g/mol. The van der Waals surface area contributed by atoms with Crippen molar-refractivity contribution in [2.45, 2.75) is 45.1 Å². The number of imide groups is 1. The zero-order valence-corrected chi connectivity index (χ0v) is 18.1. The molecule has 1 fully saturated rings. The van der Waals surface area contributed by atoms with Crippen LogP contribution in [0.3, 0.4) is 0 Å². The number of halogens is 1. The lowest BCUT2D eigenvalue weighted by atomic mass is 9.87. The summed E-state index contributed by atoms with van der Waals surface area (Å²) in [5.74, 6) is -0.885. The summed E-state index contributed by atoms with van der Waals surface area (Å²) in [7, 11) is 0. The molecular weight excluding hydrogens is 397 g/mol. The van der Waals surface area contributed by atoms with E-state index >= 15 is 0 Å². The Bertz CT molecular complexity index is 957. The van der Waals surface area contributed by atoms with Crippen LogP contribution in [0.25, 0.3) is 0 Å². The molecule has 0 spiro atoms. The average Bonchev–Trinajstić information content (AvgIpc) is 2.99. The van der Waals surface area contributed by atoms with E-state index < -0.39 is 29.2 Å². The lowest BCUT2D eigenvalue weighted by molar-refractivity contribution is -0.135. The van der Waals surface area contributed by atoms with E-state index in [0.29, 0.717) is 24.4 Å². The Balaban J connectivity index is 1.59. The molecule has 164 valence electrons. The number of urea groups is 1. The molecule has 0 bridgehead atoms. The highest BCUT2D eigenvalue weighted by molar-refractivity contribution is 6.09. The van der Waals surface area contributed by atoms with Gasteiger partial charge in [-0.2, -0.15) is 0 Å². The summed E-state index contributed by atoms with van der Waals surface area (Å²) in [4.78, 5) is 38.8. The van der Waals surface area contributed by atoms with Gasteiger partial charge >= 0.3 is 6.03 Å². The summed E-state index contributed by atoms with van der Waals surface area (Å²) < 4.78 is 13.3. The predicted molar refractivity (Wildman–Crippen MR) is 116 cm³/mol. The Hall–Kier alpha value is -3.22. The second-order valence-electron chi connectivity index (χ2n) is 8.08. The molecule has 2 aromatic carbocycles. The standard InChI is InChI=1S/C24H28FN3O3/c1-4-24(19-9-11-20(25)12-10-19)22(30)28(23(31)27-24)15-21(29)26-14-13-17-5-7-18(8-6-17)16(2)3/h5-12,16H,4,13-15H2,1-3H3,(H,26,29)(H,27,31). The summed E-state index contributed by atoms with van der Waals surface area (Å²) in [6.45, 7) is 6.07. The van der Waals surface area contributed by atoms with Crippen LogP contribution in [0.5, 0.6) is 0 Å². The van der Waals surface area contributed by atoms with Crippen LogP contribution in [-0.4, -0.2) is 35.8 Å². The zero-order valence-electron chi connectivity index (χ0n) is 18.1. The zero-order chi connectivity index (χ0) is 22.6. The van der Waals surface area contributed by atoms with Gasteiger partial charge in [-0.15, -0.1) is 0 Å². The lowest BCUT2D eigenvalue weighted by Crippen LogP contribution is -2.45. The molecule has 2 N–H and O–H groups in total. The number of nitrogens with one attached hydrogen (secondary N) is 2. The fraction of sp³-hybridized carbons (Fsp3) is 0.375. The number of amides is 4. The van der Waals surface area contributed by atoms with E-state index in [2.05, 4.69) is 36.6 Å². The van der Waals surface area contributed by atoms with E-state index in [-0.39, 0.29) is 13.0 Å². The molecule has 0 radical (unpaired) electrons. The molecule has 31 heavy (non-hydrogen) atoms. The maximum Gasteiger partial charge on any atom is 0.325 e. The molecule has 0 aromatic heterocycles. The van der Waals surface area contributed by atoms with Gasteiger partial charge in [0.15, 0.2) is 0 Å². The van der Waals surface area contributed by atoms with E-state index in [1.165, 1.54) is 29.8 Å². The molecule has 0 saturated carbocycles. The first-order chi connectivity index (χ1) is 14.8. The minimum Gasteiger partial charge on any atom is -0.354 e. The Morgan fingerprint density at radius 1 is 1.10 bits per heavy atom. The first-order valence-corrected chi connectivity index (χ1v) is 10.5. The molecule has 1 saturated heterocycles. The summed E-state index contributed by atoms with van der Waals surface area (Å²) in [6, 6.07) is 13.1. The molecule has 6 nitrogen and oxygen atoms in total. The maximum atomic E-state index is 13.3. The van der Waals surface area contributed by atoms with Gasteiger partial charge in [-0.25, -0.2) is 9.18 Å². The van der Waals surface area contributed by atoms with Crippen molar-refractivity contribution >= 4 is 17.8 Å². The molecule has 7 heteroatoms. The number of rotatable bonds is 8. The predicted octanol–water partition coefficient (Wildman–Crippen LogP) is 3.47. The van der Waals surface area contributed by atoms with Crippen molar-refractivity contribution in [3.63, 3.8) is 0 Å². The lowest BCUT2D eigenvalue weighted by Gasteiger charge is -2.25. The third-order valence-electron chi connectivity index (χ3n) is 5.73. The number of hydrogen-bond donors (Lipinski definition) is 2. The van der Waals surface area contributed by atoms with Crippen molar-refractivity contribution in [2.75, 3.05) is 13.1 Å². The van der Waals surface area contributed by atoms with Gasteiger partial charge in [0.05, 0.1) is 0 Å². The Morgan fingerprint density at radius 2 is 1.74 bits per heavy atom. The van der Waals surface area contributed by atoms with Crippen molar-refractivity contribution < 1.29 is 18.8 Å². The summed E-state index contributed by atoms with van der Waals surface area (Å²) in [5.41, 5.74) is 1.55. The molecule has 0 aliphatic carbocycles. The number of benzene rings is 2. The number of carbonyl (C=O) groups excluding carboxylic acids is 3. The highest BCUT2D eigenvalue weighted by atomic mass is 19.1. The molecule has 1 atom stereocenters.